The molecular formula is C18H24N4O2. The van der Waals surface area contributed by atoms with Gasteiger partial charge in [0.1, 0.15) is 22.6 Å². The summed E-state index contributed by atoms with van der Waals surface area (Å²) in [5.74, 6) is 1.03. The number of rotatable bonds is 3. The summed E-state index contributed by atoms with van der Waals surface area (Å²) in [5, 5.41) is 21.5. The molecule has 0 aliphatic carbocycles. The lowest BCUT2D eigenvalue weighted by atomic mass is 9.89. The molecule has 1 saturated heterocycles. The molecule has 0 unspecified atom stereocenters. The fourth-order valence-corrected chi connectivity index (χ4v) is 3.94. The zero-order chi connectivity index (χ0) is 16.8. The minimum Gasteiger partial charge on any atom is -0.487 e. The summed E-state index contributed by atoms with van der Waals surface area (Å²) in [6.45, 7) is 6.56. The van der Waals surface area contributed by atoms with Crippen LogP contribution in [0, 0.1) is 0 Å². The number of hydrogen-bond acceptors (Lipinski definition) is 5. The highest BCUT2D eigenvalue weighted by Crippen LogP contribution is 2.39. The van der Waals surface area contributed by atoms with Crippen LogP contribution >= 0.6 is 0 Å². The third-order valence-electron chi connectivity index (χ3n) is 5.01. The first kappa shape index (κ1) is 15.6. The number of fused-ring (bicyclic) bond motifs is 1. The summed E-state index contributed by atoms with van der Waals surface area (Å²) in [7, 11) is 0. The molecule has 0 radical (unpaired) electrons. The van der Waals surface area contributed by atoms with Crippen molar-refractivity contribution in [2.24, 2.45) is 0 Å². The number of aromatic nitrogens is 3. The molecule has 2 N–H and O–H groups in total. The fourth-order valence-electron chi connectivity index (χ4n) is 3.94. The van der Waals surface area contributed by atoms with E-state index in [9.17, 15) is 5.11 Å². The van der Waals surface area contributed by atoms with Crippen molar-refractivity contribution >= 4 is 0 Å². The predicted molar refractivity (Wildman–Crippen MR) is 89.6 cm³/mol. The molecule has 2 aliphatic rings. The van der Waals surface area contributed by atoms with Crippen LogP contribution in [0.1, 0.15) is 43.5 Å². The number of H-pyrrole nitrogens is 1. The Balaban J connectivity index is 1.54. The summed E-state index contributed by atoms with van der Waals surface area (Å²) in [4.78, 5) is 2.28. The monoisotopic (exact) mass is 328 g/mol. The molecule has 6 heteroatoms. The summed E-state index contributed by atoms with van der Waals surface area (Å²) >= 11 is 0. The van der Waals surface area contributed by atoms with Crippen LogP contribution in [0.15, 0.2) is 24.4 Å². The van der Waals surface area contributed by atoms with Gasteiger partial charge in [0.05, 0.1) is 6.20 Å². The van der Waals surface area contributed by atoms with Gasteiger partial charge in [-0.05, 0) is 38.8 Å². The maximum atomic E-state index is 11.0. The van der Waals surface area contributed by atoms with Crippen molar-refractivity contribution in [3.63, 3.8) is 0 Å². The summed E-state index contributed by atoms with van der Waals surface area (Å²) < 4.78 is 6.17. The molecule has 128 valence electrons. The second kappa shape index (κ2) is 5.57. The normalized spacial score (nSPS) is 26.1. The van der Waals surface area contributed by atoms with Gasteiger partial charge in [0.2, 0.25) is 0 Å². The zero-order valence-electron chi connectivity index (χ0n) is 14.2. The molecular weight excluding hydrogens is 304 g/mol. The van der Waals surface area contributed by atoms with Crippen LogP contribution in [0.2, 0.25) is 0 Å². The van der Waals surface area contributed by atoms with Crippen molar-refractivity contribution in [3.05, 3.63) is 41.2 Å². The lowest BCUT2D eigenvalue weighted by Crippen LogP contribution is -2.46. The van der Waals surface area contributed by atoms with E-state index in [1.165, 1.54) is 11.1 Å². The van der Waals surface area contributed by atoms with Crippen LogP contribution in [0.4, 0.5) is 0 Å². The van der Waals surface area contributed by atoms with Crippen LogP contribution in [0.25, 0.3) is 0 Å². The van der Waals surface area contributed by atoms with E-state index in [2.05, 4.69) is 52.4 Å². The number of para-hydroxylation sites is 1. The first-order valence-electron chi connectivity index (χ1n) is 8.56. The van der Waals surface area contributed by atoms with E-state index < -0.39 is 5.60 Å². The molecule has 1 atom stereocenters. The highest BCUT2D eigenvalue weighted by atomic mass is 16.5. The minimum absolute atomic E-state index is 0.137. The number of ether oxygens (including phenoxy) is 1. The van der Waals surface area contributed by atoms with E-state index in [1.54, 1.807) is 6.20 Å². The van der Waals surface area contributed by atoms with E-state index in [0.717, 1.165) is 31.7 Å². The topological polar surface area (TPSA) is 74.3 Å². The van der Waals surface area contributed by atoms with Crippen LogP contribution in [-0.2, 0) is 18.6 Å². The zero-order valence-corrected chi connectivity index (χ0v) is 14.2. The SMILES string of the molecule is CC1(C)Cc2cccc(CN3CCC[C@](O)(c4cn[nH]n4)C3)c2O1. The van der Waals surface area contributed by atoms with Gasteiger partial charge in [0.25, 0.3) is 0 Å². The molecule has 0 spiro atoms. The number of piperidine rings is 1. The number of likely N-dealkylation sites (tertiary alicyclic amines) is 1. The van der Waals surface area contributed by atoms with Gasteiger partial charge in [-0.3, -0.25) is 4.90 Å². The van der Waals surface area contributed by atoms with Gasteiger partial charge >= 0.3 is 0 Å². The van der Waals surface area contributed by atoms with Crippen molar-refractivity contribution in [2.45, 2.75) is 50.9 Å². The highest BCUT2D eigenvalue weighted by molar-refractivity contribution is 5.45. The Morgan fingerprint density at radius 2 is 2.25 bits per heavy atom. The molecule has 3 heterocycles. The Morgan fingerprint density at radius 3 is 3.04 bits per heavy atom. The quantitative estimate of drug-likeness (QED) is 0.901. The molecule has 4 rings (SSSR count). The number of nitrogens with zero attached hydrogens (tertiary/aromatic N) is 3. The second-order valence-electron chi connectivity index (χ2n) is 7.64. The van der Waals surface area contributed by atoms with E-state index in [4.69, 9.17) is 4.74 Å². The first-order chi connectivity index (χ1) is 11.5. The molecule has 1 aromatic heterocycles. The average molecular weight is 328 g/mol. The van der Waals surface area contributed by atoms with Gasteiger partial charge < -0.3 is 9.84 Å². The van der Waals surface area contributed by atoms with Crippen molar-refractivity contribution in [2.75, 3.05) is 13.1 Å². The summed E-state index contributed by atoms with van der Waals surface area (Å²) in [6, 6.07) is 6.38. The molecule has 0 saturated carbocycles. The maximum Gasteiger partial charge on any atom is 0.127 e. The van der Waals surface area contributed by atoms with E-state index in [-0.39, 0.29) is 5.60 Å². The summed E-state index contributed by atoms with van der Waals surface area (Å²) in [5.41, 5.74) is 2.04. The molecule has 0 amide bonds. The minimum atomic E-state index is -0.927. The number of β-amino-alcohol motifs (C(OH)–C–C–N with tert-alkyl or cyclic N) is 1. The number of hydrogen-bond donors (Lipinski definition) is 2. The van der Waals surface area contributed by atoms with Gasteiger partial charge in [0.15, 0.2) is 0 Å². The predicted octanol–water partition coefficient (Wildman–Crippen LogP) is 2.00. The molecule has 1 fully saturated rings. The molecule has 2 aromatic rings. The van der Waals surface area contributed by atoms with Crippen molar-refractivity contribution in [3.8, 4) is 5.75 Å². The Labute approximate surface area is 141 Å². The third-order valence-corrected chi connectivity index (χ3v) is 5.01. The molecule has 2 aliphatic heterocycles. The highest BCUT2D eigenvalue weighted by Gasteiger charge is 2.38. The van der Waals surface area contributed by atoms with Gasteiger partial charge in [-0.25, -0.2) is 0 Å². The Kier molecular flexibility index (Phi) is 3.62. The fraction of sp³-hybridized carbons (Fsp3) is 0.556. The first-order valence-corrected chi connectivity index (χ1v) is 8.56. The molecule has 6 nitrogen and oxygen atoms in total. The smallest absolute Gasteiger partial charge is 0.127 e. The van der Waals surface area contributed by atoms with Gasteiger partial charge in [-0.15, -0.1) is 0 Å². The lowest BCUT2D eigenvalue weighted by Gasteiger charge is -2.38. The second-order valence-corrected chi connectivity index (χ2v) is 7.64. The van der Waals surface area contributed by atoms with E-state index in [1.807, 2.05) is 0 Å². The standard InChI is InChI=1S/C18H24N4O2/c1-17(2)9-13-5-3-6-14(16(13)24-17)11-22-8-4-7-18(23,12-22)15-10-19-21-20-15/h3,5-6,10,23H,4,7-9,11-12H2,1-2H3,(H,19,20,21)/t18-/m1/s1. The average Bonchev–Trinajstić information content (AvgIpc) is 3.14. The van der Waals surface area contributed by atoms with Gasteiger partial charge in [-0.2, -0.15) is 15.4 Å². The van der Waals surface area contributed by atoms with Crippen molar-refractivity contribution in [1.29, 1.82) is 0 Å². The van der Waals surface area contributed by atoms with Gasteiger partial charge in [0, 0.05) is 25.1 Å². The largest absolute Gasteiger partial charge is 0.487 e. The Bertz CT molecular complexity index is 729. The Hall–Kier alpha value is -1.92. The van der Waals surface area contributed by atoms with Gasteiger partial charge in [-0.1, -0.05) is 18.2 Å². The molecule has 24 heavy (non-hydrogen) atoms. The lowest BCUT2D eigenvalue weighted by molar-refractivity contribution is -0.0416. The third kappa shape index (κ3) is 2.80. The van der Waals surface area contributed by atoms with E-state index >= 15 is 0 Å². The van der Waals surface area contributed by atoms with E-state index in [0.29, 0.717) is 18.7 Å². The number of nitrogens with one attached hydrogen (secondary N) is 1. The summed E-state index contributed by atoms with van der Waals surface area (Å²) in [6.07, 6.45) is 4.21. The number of aromatic amines is 1. The van der Waals surface area contributed by atoms with Crippen molar-refractivity contribution in [1.82, 2.24) is 20.3 Å². The molecule has 1 aromatic carbocycles. The van der Waals surface area contributed by atoms with Crippen molar-refractivity contribution < 1.29 is 9.84 Å². The Morgan fingerprint density at radius 1 is 1.38 bits per heavy atom. The molecule has 0 bridgehead atoms. The number of aliphatic hydroxyl groups is 1. The van der Waals surface area contributed by atoms with Crippen LogP contribution in [0.3, 0.4) is 0 Å². The number of benzene rings is 1. The maximum absolute atomic E-state index is 11.0. The van der Waals surface area contributed by atoms with Crippen LogP contribution < -0.4 is 4.74 Å². The van der Waals surface area contributed by atoms with Crippen LogP contribution in [0.5, 0.6) is 5.75 Å². The van der Waals surface area contributed by atoms with Crippen LogP contribution in [-0.4, -0.2) is 44.1 Å².